The van der Waals surface area contributed by atoms with E-state index in [2.05, 4.69) is 0 Å². The second-order valence-electron chi connectivity index (χ2n) is 10.8. The number of amides is 2. The number of allylic oxidation sites excluding steroid dienone is 1. The molecule has 0 bridgehead atoms. The van der Waals surface area contributed by atoms with Crippen LogP contribution in [0.3, 0.4) is 0 Å². The van der Waals surface area contributed by atoms with Gasteiger partial charge in [0.15, 0.2) is 5.78 Å². The van der Waals surface area contributed by atoms with Crippen LogP contribution >= 0.6 is 11.8 Å². The van der Waals surface area contributed by atoms with Crippen molar-refractivity contribution in [2.24, 2.45) is 0 Å². The number of rotatable bonds is 4. The van der Waals surface area contributed by atoms with Crippen molar-refractivity contribution in [1.29, 1.82) is 0 Å². The predicted octanol–water partition coefficient (Wildman–Crippen LogP) is 6.42. The standard InChI is InChI=1S/C31H25F3N2O4S/c1-17-15-29(2,3)36-26-22(17)12-18(27(38)21-10-5-6-11-24(21)40-4)13-23(26)30(28(36)39)35(25(37)16-41-30)20-9-7-8-19(14-20)31(32,33)34/h5-15H,16H2,1-4H3. The van der Waals surface area contributed by atoms with E-state index in [1.54, 1.807) is 41.3 Å². The molecule has 210 valence electrons. The van der Waals surface area contributed by atoms with Gasteiger partial charge in [-0.15, -0.1) is 11.8 Å². The predicted molar refractivity (Wildman–Crippen MR) is 151 cm³/mol. The van der Waals surface area contributed by atoms with Crippen molar-refractivity contribution < 1.29 is 32.3 Å². The Bertz CT molecular complexity index is 1700. The van der Waals surface area contributed by atoms with Crippen LogP contribution in [0.25, 0.3) is 5.57 Å². The molecule has 0 aromatic heterocycles. The summed E-state index contributed by atoms with van der Waals surface area (Å²) >= 11 is 1.05. The van der Waals surface area contributed by atoms with E-state index in [1.165, 1.54) is 24.1 Å². The quantitative estimate of drug-likeness (QED) is 0.335. The molecule has 10 heteroatoms. The maximum Gasteiger partial charge on any atom is 0.416 e. The highest BCUT2D eigenvalue weighted by atomic mass is 32.2. The van der Waals surface area contributed by atoms with E-state index in [1.807, 2.05) is 26.8 Å². The summed E-state index contributed by atoms with van der Waals surface area (Å²) in [6.45, 7) is 5.62. The number of carbonyl (C=O) groups excluding carboxylic acids is 3. The number of ketones is 1. The fourth-order valence-electron chi connectivity index (χ4n) is 6.12. The number of nitrogens with zero attached hydrogens (tertiary/aromatic N) is 2. The number of halogens is 3. The van der Waals surface area contributed by atoms with Gasteiger partial charge in [0, 0.05) is 22.4 Å². The maximum atomic E-state index is 14.5. The Hall–Kier alpha value is -4.05. The minimum Gasteiger partial charge on any atom is -0.496 e. The van der Waals surface area contributed by atoms with Gasteiger partial charge >= 0.3 is 6.18 Å². The van der Waals surface area contributed by atoms with Gasteiger partial charge in [-0.2, -0.15) is 13.2 Å². The molecule has 2 amide bonds. The molecular weight excluding hydrogens is 553 g/mol. The molecule has 1 saturated heterocycles. The number of hydrogen-bond donors (Lipinski definition) is 0. The van der Waals surface area contributed by atoms with E-state index in [-0.39, 0.29) is 22.8 Å². The van der Waals surface area contributed by atoms with Crippen molar-refractivity contribution in [3.8, 4) is 5.75 Å². The summed E-state index contributed by atoms with van der Waals surface area (Å²) in [5, 5.41) is 0. The molecule has 1 spiro atoms. The van der Waals surface area contributed by atoms with Gasteiger partial charge in [0.05, 0.1) is 35.2 Å². The monoisotopic (exact) mass is 578 g/mol. The topological polar surface area (TPSA) is 66.9 Å². The zero-order chi connectivity index (χ0) is 29.5. The van der Waals surface area contributed by atoms with E-state index in [9.17, 15) is 27.6 Å². The van der Waals surface area contributed by atoms with E-state index in [0.717, 1.165) is 29.5 Å². The Balaban J connectivity index is 1.63. The minimum absolute atomic E-state index is 0.0410. The lowest BCUT2D eigenvalue weighted by molar-refractivity contribution is -0.137. The van der Waals surface area contributed by atoms with E-state index >= 15 is 0 Å². The van der Waals surface area contributed by atoms with E-state index in [0.29, 0.717) is 28.1 Å². The van der Waals surface area contributed by atoms with Crippen LogP contribution in [0.5, 0.6) is 5.75 Å². The summed E-state index contributed by atoms with van der Waals surface area (Å²) in [6.07, 6.45) is -2.72. The number of anilines is 2. The molecule has 1 fully saturated rings. The van der Waals surface area contributed by atoms with Gasteiger partial charge in [0.2, 0.25) is 10.8 Å². The number of benzene rings is 3. The molecule has 3 aliphatic rings. The van der Waals surface area contributed by atoms with E-state index < -0.39 is 34.0 Å². The molecule has 6 rings (SSSR count). The summed E-state index contributed by atoms with van der Waals surface area (Å²) in [6, 6.07) is 14.5. The highest BCUT2D eigenvalue weighted by molar-refractivity contribution is 8.02. The molecule has 0 aliphatic carbocycles. The van der Waals surface area contributed by atoms with Crippen LogP contribution in [-0.4, -0.2) is 36.0 Å². The van der Waals surface area contributed by atoms with Crippen molar-refractivity contribution in [2.75, 3.05) is 22.7 Å². The van der Waals surface area contributed by atoms with Crippen LogP contribution in [0, 0.1) is 0 Å². The second-order valence-corrected chi connectivity index (χ2v) is 11.9. The van der Waals surface area contributed by atoms with E-state index in [4.69, 9.17) is 4.74 Å². The van der Waals surface area contributed by atoms with Crippen molar-refractivity contribution >= 4 is 46.3 Å². The first-order chi connectivity index (χ1) is 19.3. The van der Waals surface area contributed by atoms with Crippen molar-refractivity contribution in [3.05, 3.63) is 94.6 Å². The van der Waals surface area contributed by atoms with Gasteiger partial charge in [-0.05, 0) is 68.8 Å². The van der Waals surface area contributed by atoms with Gasteiger partial charge in [-0.1, -0.05) is 24.3 Å². The van der Waals surface area contributed by atoms with Crippen LogP contribution < -0.4 is 14.5 Å². The van der Waals surface area contributed by atoms with Crippen LogP contribution in [0.15, 0.2) is 66.7 Å². The fraction of sp³-hybridized carbons (Fsp3) is 0.258. The summed E-state index contributed by atoms with van der Waals surface area (Å²) in [5.74, 6) is -1.04. The third-order valence-electron chi connectivity index (χ3n) is 7.78. The number of methoxy groups -OCH3 is 1. The lowest BCUT2D eigenvalue weighted by Crippen LogP contribution is -2.55. The highest BCUT2D eigenvalue weighted by Crippen LogP contribution is 2.60. The molecule has 3 heterocycles. The molecule has 0 radical (unpaired) electrons. The largest absolute Gasteiger partial charge is 0.496 e. The first-order valence-corrected chi connectivity index (χ1v) is 13.8. The zero-order valence-corrected chi connectivity index (χ0v) is 23.4. The smallest absolute Gasteiger partial charge is 0.416 e. The minimum atomic E-state index is -4.64. The average molecular weight is 579 g/mol. The molecule has 6 nitrogen and oxygen atoms in total. The summed E-state index contributed by atoms with van der Waals surface area (Å²) in [5.41, 5.74) is 1.25. The molecule has 1 unspecified atom stereocenters. The maximum absolute atomic E-state index is 14.5. The Kier molecular flexibility index (Phi) is 5.94. The lowest BCUT2D eigenvalue weighted by atomic mass is 9.86. The van der Waals surface area contributed by atoms with Crippen molar-refractivity contribution in [3.63, 3.8) is 0 Å². The number of thioether (sulfide) groups is 1. The number of carbonyl (C=O) groups is 3. The summed E-state index contributed by atoms with van der Waals surface area (Å²) < 4.78 is 46.5. The SMILES string of the molecule is COc1ccccc1C(=O)c1cc2c3c(c1)C1(SCC(=O)N1c1cccc(C(F)(F)F)c1)C(=O)N3C(C)(C)C=C2C. The second kappa shape index (κ2) is 8.97. The number of alkyl halides is 3. The Morgan fingerprint density at radius 2 is 1.73 bits per heavy atom. The van der Waals surface area contributed by atoms with Gasteiger partial charge in [0.25, 0.3) is 5.91 Å². The molecule has 3 aromatic carbocycles. The first kappa shape index (κ1) is 27.1. The third kappa shape index (κ3) is 3.83. The Labute approximate surface area is 238 Å². The molecular formula is C31H25F3N2O4S. The molecule has 0 saturated carbocycles. The summed E-state index contributed by atoms with van der Waals surface area (Å²) in [7, 11) is 1.47. The average Bonchev–Trinajstić information content (AvgIpc) is 3.41. The molecule has 41 heavy (non-hydrogen) atoms. The summed E-state index contributed by atoms with van der Waals surface area (Å²) in [4.78, 5) is 43.0. The molecule has 0 N–H and O–H groups in total. The molecule has 3 aromatic rings. The molecule has 3 aliphatic heterocycles. The number of para-hydroxylation sites is 1. The van der Waals surface area contributed by atoms with Crippen LogP contribution in [-0.2, 0) is 20.6 Å². The van der Waals surface area contributed by atoms with Crippen LogP contribution in [0.2, 0.25) is 0 Å². The van der Waals surface area contributed by atoms with Gasteiger partial charge in [0.1, 0.15) is 5.75 Å². The van der Waals surface area contributed by atoms with Crippen LogP contribution in [0.4, 0.5) is 24.5 Å². The van der Waals surface area contributed by atoms with Crippen molar-refractivity contribution in [1.82, 2.24) is 0 Å². The third-order valence-corrected chi connectivity index (χ3v) is 9.16. The highest BCUT2D eigenvalue weighted by Gasteiger charge is 2.64. The lowest BCUT2D eigenvalue weighted by Gasteiger charge is -2.40. The number of fused-ring (bicyclic) bond motifs is 1. The Morgan fingerprint density at radius 1 is 1.00 bits per heavy atom. The first-order valence-electron chi connectivity index (χ1n) is 12.9. The molecule has 1 atom stereocenters. The van der Waals surface area contributed by atoms with Crippen LogP contribution in [0.1, 0.15) is 53.4 Å². The Morgan fingerprint density at radius 3 is 2.44 bits per heavy atom. The number of hydrogen-bond acceptors (Lipinski definition) is 5. The normalized spacial score (nSPS) is 20.9. The van der Waals surface area contributed by atoms with Crippen molar-refractivity contribution in [2.45, 2.75) is 37.4 Å². The number of ether oxygens (including phenoxy) is 1. The van der Waals surface area contributed by atoms with Gasteiger partial charge in [-0.3, -0.25) is 24.2 Å². The zero-order valence-electron chi connectivity index (χ0n) is 22.6. The fourth-order valence-corrected chi connectivity index (χ4v) is 7.44. The van der Waals surface area contributed by atoms with Gasteiger partial charge in [-0.25, -0.2) is 0 Å². The van der Waals surface area contributed by atoms with Gasteiger partial charge < -0.3 is 4.74 Å².